The van der Waals surface area contributed by atoms with Crippen molar-refractivity contribution in [2.24, 2.45) is 0 Å². The Morgan fingerprint density at radius 1 is 1.05 bits per heavy atom. The predicted octanol–water partition coefficient (Wildman–Crippen LogP) is 4.17. The van der Waals surface area contributed by atoms with Gasteiger partial charge in [0.1, 0.15) is 11.5 Å². The summed E-state index contributed by atoms with van der Waals surface area (Å²) in [4.78, 5) is 0. The number of aryl methyl sites for hydroxylation is 1. The number of hydrogen-bond acceptors (Lipinski definition) is 3. The minimum absolute atomic E-state index is 0.0274. The van der Waals surface area contributed by atoms with Crippen LogP contribution in [0.15, 0.2) is 42.5 Å². The molecule has 0 fully saturated rings. The fraction of sp³-hybridized carbons (Fsp3) is 0.368. The van der Waals surface area contributed by atoms with Crippen molar-refractivity contribution in [3.63, 3.8) is 0 Å². The van der Waals surface area contributed by atoms with Gasteiger partial charge in [0, 0.05) is 12.1 Å². The van der Waals surface area contributed by atoms with Crippen LogP contribution in [0.4, 0.5) is 0 Å². The van der Waals surface area contributed by atoms with Crippen molar-refractivity contribution in [3.05, 3.63) is 59.2 Å². The average Bonchev–Trinajstić information content (AvgIpc) is 2.47. The van der Waals surface area contributed by atoms with E-state index in [0.717, 1.165) is 28.2 Å². The maximum absolute atomic E-state index is 9.50. The van der Waals surface area contributed by atoms with Crippen LogP contribution in [0.5, 0.6) is 11.5 Å². The molecular weight excluding hydrogens is 274 g/mol. The SMILES string of the molecule is Cc1ccccc1Oc1ccc(CO)c(CNC(C)(C)C)c1. The number of nitrogens with one attached hydrogen (secondary N) is 1. The molecule has 0 bridgehead atoms. The zero-order valence-electron chi connectivity index (χ0n) is 13.8. The topological polar surface area (TPSA) is 41.5 Å². The first-order valence-electron chi connectivity index (χ1n) is 7.60. The van der Waals surface area contributed by atoms with Gasteiger partial charge in [-0.1, -0.05) is 24.3 Å². The van der Waals surface area contributed by atoms with E-state index in [9.17, 15) is 5.11 Å². The monoisotopic (exact) mass is 299 g/mol. The Hall–Kier alpha value is -1.84. The van der Waals surface area contributed by atoms with Gasteiger partial charge in [0.15, 0.2) is 0 Å². The molecule has 0 saturated carbocycles. The summed E-state index contributed by atoms with van der Waals surface area (Å²) in [7, 11) is 0. The van der Waals surface area contributed by atoms with Gasteiger partial charge in [0.05, 0.1) is 6.61 Å². The van der Waals surface area contributed by atoms with Gasteiger partial charge in [-0.05, 0) is 62.6 Å². The predicted molar refractivity (Wildman–Crippen MR) is 90.2 cm³/mol. The third kappa shape index (κ3) is 4.58. The second-order valence-corrected chi connectivity index (χ2v) is 6.56. The molecule has 0 spiro atoms. The van der Waals surface area contributed by atoms with E-state index in [-0.39, 0.29) is 12.1 Å². The normalized spacial score (nSPS) is 11.5. The third-order valence-corrected chi connectivity index (χ3v) is 3.48. The summed E-state index contributed by atoms with van der Waals surface area (Å²) < 4.78 is 5.97. The molecule has 2 rings (SSSR count). The van der Waals surface area contributed by atoms with Gasteiger partial charge in [0.2, 0.25) is 0 Å². The van der Waals surface area contributed by atoms with Gasteiger partial charge in [0.25, 0.3) is 0 Å². The molecule has 22 heavy (non-hydrogen) atoms. The van der Waals surface area contributed by atoms with Crippen LogP contribution in [0.2, 0.25) is 0 Å². The third-order valence-electron chi connectivity index (χ3n) is 3.48. The molecule has 0 heterocycles. The van der Waals surface area contributed by atoms with Crippen molar-refractivity contribution < 1.29 is 9.84 Å². The van der Waals surface area contributed by atoms with Crippen molar-refractivity contribution in [3.8, 4) is 11.5 Å². The van der Waals surface area contributed by atoms with E-state index in [0.29, 0.717) is 6.54 Å². The minimum Gasteiger partial charge on any atom is -0.457 e. The van der Waals surface area contributed by atoms with E-state index in [1.54, 1.807) is 0 Å². The maximum Gasteiger partial charge on any atom is 0.130 e. The van der Waals surface area contributed by atoms with Crippen LogP contribution in [0.3, 0.4) is 0 Å². The number of benzene rings is 2. The lowest BCUT2D eigenvalue weighted by Crippen LogP contribution is -2.35. The van der Waals surface area contributed by atoms with Crippen molar-refractivity contribution in [2.75, 3.05) is 0 Å². The van der Waals surface area contributed by atoms with Crippen LogP contribution >= 0.6 is 0 Å². The largest absolute Gasteiger partial charge is 0.457 e. The highest BCUT2D eigenvalue weighted by atomic mass is 16.5. The lowest BCUT2D eigenvalue weighted by atomic mass is 10.0. The first kappa shape index (κ1) is 16.5. The molecule has 2 aromatic carbocycles. The van der Waals surface area contributed by atoms with Crippen molar-refractivity contribution >= 4 is 0 Å². The van der Waals surface area contributed by atoms with Crippen molar-refractivity contribution in [2.45, 2.75) is 46.4 Å². The first-order valence-corrected chi connectivity index (χ1v) is 7.60. The number of para-hydroxylation sites is 1. The summed E-state index contributed by atoms with van der Waals surface area (Å²) in [5.74, 6) is 1.64. The van der Waals surface area contributed by atoms with Crippen LogP contribution < -0.4 is 10.1 Å². The number of hydrogen-bond donors (Lipinski definition) is 2. The second kappa shape index (κ2) is 6.95. The highest BCUT2D eigenvalue weighted by Gasteiger charge is 2.11. The van der Waals surface area contributed by atoms with Crippen LogP contribution in [0.1, 0.15) is 37.5 Å². The quantitative estimate of drug-likeness (QED) is 0.870. The van der Waals surface area contributed by atoms with E-state index in [4.69, 9.17) is 4.74 Å². The highest BCUT2D eigenvalue weighted by molar-refractivity contribution is 5.40. The molecule has 0 radical (unpaired) electrons. The molecule has 0 aliphatic rings. The van der Waals surface area contributed by atoms with Gasteiger partial charge in [-0.25, -0.2) is 0 Å². The average molecular weight is 299 g/mol. The summed E-state index contributed by atoms with van der Waals surface area (Å²) in [6.07, 6.45) is 0. The highest BCUT2D eigenvalue weighted by Crippen LogP contribution is 2.27. The molecule has 0 saturated heterocycles. The van der Waals surface area contributed by atoms with E-state index in [2.05, 4.69) is 26.1 Å². The molecular formula is C19H25NO2. The van der Waals surface area contributed by atoms with Crippen LogP contribution in [-0.2, 0) is 13.2 Å². The zero-order chi connectivity index (χ0) is 16.2. The molecule has 0 aromatic heterocycles. The standard InChI is InChI=1S/C19H25NO2/c1-14-7-5-6-8-18(14)22-17-10-9-15(13-21)16(11-17)12-20-19(2,3)4/h5-11,20-21H,12-13H2,1-4H3. The summed E-state index contributed by atoms with van der Waals surface area (Å²) in [5.41, 5.74) is 3.11. The number of aliphatic hydroxyl groups excluding tert-OH is 1. The Balaban J connectivity index is 2.21. The molecule has 0 unspecified atom stereocenters. The first-order chi connectivity index (χ1) is 10.4. The summed E-state index contributed by atoms with van der Waals surface area (Å²) >= 11 is 0. The Morgan fingerprint density at radius 2 is 1.77 bits per heavy atom. The van der Waals surface area contributed by atoms with Gasteiger partial charge in [-0.3, -0.25) is 0 Å². The molecule has 3 heteroatoms. The molecule has 118 valence electrons. The zero-order valence-corrected chi connectivity index (χ0v) is 13.8. The molecule has 0 aliphatic carbocycles. The summed E-state index contributed by atoms with van der Waals surface area (Å²) in [6.45, 7) is 9.13. The van der Waals surface area contributed by atoms with Gasteiger partial charge < -0.3 is 15.2 Å². The number of ether oxygens (including phenoxy) is 1. The van der Waals surface area contributed by atoms with E-state index < -0.39 is 0 Å². The van der Waals surface area contributed by atoms with Crippen LogP contribution in [-0.4, -0.2) is 10.6 Å². The van der Waals surface area contributed by atoms with Gasteiger partial charge in [-0.15, -0.1) is 0 Å². The van der Waals surface area contributed by atoms with Crippen LogP contribution in [0, 0.1) is 6.92 Å². The fourth-order valence-corrected chi connectivity index (χ4v) is 2.14. The molecule has 2 N–H and O–H groups in total. The summed E-state index contributed by atoms with van der Waals surface area (Å²) in [6, 6.07) is 13.8. The Bertz CT molecular complexity index is 630. The van der Waals surface area contributed by atoms with E-state index >= 15 is 0 Å². The van der Waals surface area contributed by atoms with Crippen LogP contribution in [0.25, 0.3) is 0 Å². The fourth-order valence-electron chi connectivity index (χ4n) is 2.14. The second-order valence-electron chi connectivity index (χ2n) is 6.56. The summed E-state index contributed by atoms with van der Waals surface area (Å²) in [5, 5.41) is 13.0. The maximum atomic E-state index is 9.50. The molecule has 0 atom stereocenters. The van der Waals surface area contributed by atoms with Gasteiger partial charge in [-0.2, -0.15) is 0 Å². The lowest BCUT2D eigenvalue weighted by molar-refractivity contribution is 0.279. The number of aliphatic hydroxyl groups is 1. The molecule has 0 aliphatic heterocycles. The van der Waals surface area contributed by atoms with E-state index in [1.165, 1.54) is 0 Å². The molecule has 0 amide bonds. The smallest absolute Gasteiger partial charge is 0.130 e. The lowest BCUT2D eigenvalue weighted by Gasteiger charge is -2.22. The Labute approximate surface area is 133 Å². The van der Waals surface area contributed by atoms with E-state index in [1.807, 2.05) is 49.4 Å². The molecule has 2 aromatic rings. The van der Waals surface area contributed by atoms with Crippen molar-refractivity contribution in [1.29, 1.82) is 0 Å². The molecule has 3 nitrogen and oxygen atoms in total. The Kier molecular flexibility index (Phi) is 5.22. The van der Waals surface area contributed by atoms with Gasteiger partial charge >= 0.3 is 0 Å². The minimum atomic E-state index is 0.0274. The Morgan fingerprint density at radius 3 is 2.41 bits per heavy atom. The van der Waals surface area contributed by atoms with Crippen molar-refractivity contribution in [1.82, 2.24) is 5.32 Å². The number of rotatable bonds is 5.